The Bertz CT molecular complexity index is 426. The van der Waals surface area contributed by atoms with Crippen LogP contribution in [0, 0.1) is 0 Å². The summed E-state index contributed by atoms with van der Waals surface area (Å²) >= 11 is 6.92. The minimum Gasteiger partial charge on any atom is -0.398 e. The summed E-state index contributed by atoms with van der Waals surface area (Å²) in [5.41, 5.74) is 7.90. The third kappa shape index (κ3) is 3.70. The van der Waals surface area contributed by atoms with E-state index < -0.39 is 0 Å². The third-order valence-corrected chi connectivity index (χ3v) is 4.52. The van der Waals surface area contributed by atoms with E-state index in [1.165, 1.54) is 0 Å². The number of rotatable bonds is 3. The second-order valence-corrected chi connectivity index (χ2v) is 6.63. The van der Waals surface area contributed by atoms with Gasteiger partial charge in [0.1, 0.15) is 0 Å². The number of nitrogens with two attached hydrogens (primary N) is 1. The van der Waals surface area contributed by atoms with Crippen molar-refractivity contribution in [2.45, 2.75) is 44.4 Å². The Morgan fingerprint density at radius 2 is 2.11 bits per heavy atom. The van der Waals surface area contributed by atoms with Gasteiger partial charge in [0.25, 0.3) is 0 Å². The lowest BCUT2D eigenvalue weighted by atomic mass is 9.93. The molecule has 0 spiro atoms. The zero-order valence-corrected chi connectivity index (χ0v) is 13.3. The number of nitrogens with one attached hydrogen (secondary N) is 1. The van der Waals surface area contributed by atoms with Crippen LogP contribution in [0.4, 0.5) is 5.69 Å². The van der Waals surface area contributed by atoms with Gasteiger partial charge in [-0.2, -0.15) is 0 Å². The second-order valence-electron chi connectivity index (χ2n) is 4.86. The Kier molecular flexibility index (Phi) is 5.06. The molecule has 18 heavy (non-hydrogen) atoms. The smallest absolute Gasteiger partial charge is 0.0555 e. The summed E-state index contributed by atoms with van der Waals surface area (Å²) in [6.45, 7) is 0.737. The van der Waals surface area contributed by atoms with Crippen LogP contribution in [-0.4, -0.2) is 17.3 Å². The van der Waals surface area contributed by atoms with Crippen LogP contribution in [0.2, 0.25) is 0 Å². The average Bonchev–Trinajstić information content (AvgIpc) is 2.32. The summed E-state index contributed by atoms with van der Waals surface area (Å²) in [5, 5.41) is 13.1. The number of benzene rings is 1. The van der Waals surface area contributed by atoms with Gasteiger partial charge in [0.15, 0.2) is 0 Å². The molecule has 0 heterocycles. The molecule has 2 atom stereocenters. The minimum atomic E-state index is -0.150. The zero-order chi connectivity index (χ0) is 13.1. The highest BCUT2D eigenvalue weighted by Crippen LogP contribution is 2.28. The molecule has 1 fully saturated rings. The van der Waals surface area contributed by atoms with E-state index in [-0.39, 0.29) is 6.10 Å². The van der Waals surface area contributed by atoms with Crippen molar-refractivity contribution < 1.29 is 5.11 Å². The number of hydrogen-bond acceptors (Lipinski definition) is 3. The van der Waals surface area contributed by atoms with E-state index in [2.05, 4.69) is 37.2 Å². The Balaban J connectivity index is 1.97. The largest absolute Gasteiger partial charge is 0.398 e. The van der Waals surface area contributed by atoms with Gasteiger partial charge in [0, 0.05) is 21.5 Å². The molecule has 1 aliphatic rings. The number of aliphatic hydroxyl groups is 1. The van der Waals surface area contributed by atoms with Crippen LogP contribution in [0.1, 0.15) is 31.2 Å². The average molecular weight is 378 g/mol. The van der Waals surface area contributed by atoms with Gasteiger partial charge in [-0.25, -0.2) is 0 Å². The van der Waals surface area contributed by atoms with Gasteiger partial charge in [0.2, 0.25) is 0 Å². The van der Waals surface area contributed by atoms with Crippen LogP contribution in [-0.2, 0) is 6.54 Å². The molecule has 0 saturated heterocycles. The number of anilines is 1. The Morgan fingerprint density at radius 1 is 1.33 bits per heavy atom. The van der Waals surface area contributed by atoms with Gasteiger partial charge in [-0.3, -0.25) is 0 Å². The lowest BCUT2D eigenvalue weighted by Gasteiger charge is -2.27. The fraction of sp³-hybridized carbons (Fsp3) is 0.538. The Hall–Kier alpha value is -0.100. The fourth-order valence-electron chi connectivity index (χ4n) is 2.39. The molecule has 0 amide bonds. The summed E-state index contributed by atoms with van der Waals surface area (Å²) < 4.78 is 1.93. The van der Waals surface area contributed by atoms with Crippen molar-refractivity contribution in [3.05, 3.63) is 26.6 Å². The lowest BCUT2D eigenvalue weighted by Crippen LogP contribution is -2.35. The molecule has 2 rings (SSSR count). The van der Waals surface area contributed by atoms with Crippen LogP contribution in [0.5, 0.6) is 0 Å². The van der Waals surface area contributed by atoms with Crippen molar-refractivity contribution in [1.82, 2.24) is 5.32 Å². The van der Waals surface area contributed by atoms with E-state index in [1.54, 1.807) is 0 Å². The number of aliphatic hydroxyl groups excluding tert-OH is 1. The molecule has 4 N–H and O–H groups in total. The maximum absolute atomic E-state index is 9.64. The fourth-order valence-corrected chi connectivity index (χ4v) is 3.70. The topological polar surface area (TPSA) is 58.3 Å². The molecule has 0 unspecified atom stereocenters. The molecule has 1 aromatic carbocycles. The maximum atomic E-state index is 9.64. The molecular formula is C13H18Br2N2O. The van der Waals surface area contributed by atoms with Crippen molar-refractivity contribution >= 4 is 37.5 Å². The maximum Gasteiger partial charge on any atom is 0.0555 e. The molecule has 0 radical (unpaired) electrons. The van der Waals surface area contributed by atoms with Gasteiger partial charge in [-0.1, -0.05) is 15.9 Å². The number of hydrogen-bond donors (Lipinski definition) is 3. The van der Waals surface area contributed by atoms with Crippen LogP contribution >= 0.6 is 31.9 Å². The Labute approximate surface area is 124 Å². The SMILES string of the molecule is Nc1c(Br)cc(Br)cc1CN[C@H]1CCC[C@@H](O)C1. The molecule has 5 heteroatoms. The summed E-state index contributed by atoms with van der Waals surface area (Å²) in [7, 11) is 0. The highest BCUT2D eigenvalue weighted by molar-refractivity contribution is 9.11. The van der Waals surface area contributed by atoms with Crippen LogP contribution < -0.4 is 11.1 Å². The summed E-state index contributed by atoms with van der Waals surface area (Å²) in [4.78, 5) is 0. The highest BCUT2D eigenvalue weighted by Gasteiger charge is 2.19. The van der Waals surface area contributed by atoms with Crippen molar-refractivity contribution in [2.75, 3.05) is 5.73 Å². The quantitative estimate of drug-likeness (QED) is 0.709. The first kappa shape index (κ1) is 14.3. The van der Waals surface area contributed by atoms with Crippen LogP contribution in [0.15, 0.2) is 21.1 Å². The van der Waals surface area contributed by atoms with E-state index >= 15 is 0 Å². The van der Waals surface area contributed by atoms with E-state index in [4.69, 9.17) is 5.73 Å². The predicted octanol–water partition coefficient (Wildman–Crippen LogP) is 3.19. The van der Waals surface area contributed by atoms with Crippen molar-refractivity contribution in [3.63, 3.8) is 0 Å². The molecule has 3 nitrogen and oxygen atoms in total. The molecule has 0 aliphatic heterocycles. The van der Waals surface area contributed by atoms with Crippen molar-refractivity contribution in [1.29, 1.82) is 0 Å². The Morgan fingerprint density at radius 3 is 2.83 bits per heavy atom. The molecular weight excluding hydrogens is 360 g/mol. The summed E-state index contributed by atoms with van der Waals surface area (Å²) in [5.74, 6) is 0. The van der Waals surface area contributed by atoms with Crippen LogP contribution in [0.25, 0.3) is 0 Å². The summed E-state index contributed by atoms with van der Waals surface area (Å²) in [6.07, 6.45) is 3.85. The standard InChI is InChI=1S/C13H18Br2N2O/c14-9-4-8(13(16)12(15)5-9)7-17-10-2-1-3-11(18)6-10/h4-5,10-11,17-18H,1-3,6-7,16H2/t10-,11+/m0/s1. The number of nitrogen functional groups attached to an aromatic ring is 1. The molecule has 1 saturated carbocycles. The van der Waals surface area contributed by atoms with Gasteiger partial charge >= 0.3 is 0 Å². The first-order valence-electron chi connectivity index (χ1n) is 6.21. The first-order chi connectivity index (χ1) is 8.56. The first-order valence-corrected chi connectivity index (χ1v) is 7.79. The van der Waals surface area contributed by atoms with E-state index in [1.807, 2.05) is 12.1 Å². The highest BCUT2D eigenvalue weighted by atomic mass is 79.9. The van der Waals surface area contributed by atoms with Gasteiger partial charge in [-0.15, -0.1) is 0 Å². The molecule has 100 valence electrons. The second kappa shape index (κ2) is 6.37. The molecule has 0 aromatic heterocycles. The van der Waals surface area contributed by atoms with Crippen molar-refractivity contribution in [3.8, 4) is 0 Å². The van der Waals surface area contributed by atoms with Gasteiger partial charge in [0.05, 0.1) is 11.8 Å². The normalized spacial score (nSPS) is 24.2. The molecule has 0 bridgehead atoms. The van der Waals surface area contributed by atoms with Crippen molar-refractivity contribution in [2.24, 2.45) is 0 Å². The van der Waals surface area contributed by atoms with E-state index in [9.17, 15) is 5.11 Å². The van der Waals surface area contributed by atoms with Gasteiger partial charge in [-0.05, 0) is 59.3 Å². The zero-order valence-electron chi connectivity index (χ0n) is 10.1. The minimum absolute atomic E-state index is 0.150. The lowest BCUT2D eigenvalue weighted by molar-refractivity contribution is 0.111. The van der Waals surface area contributed by atoms with Gasteiger partial charge < -0.3 is 16.2 Å². The summed E-state index contributed by atoms with van der Waals surface area (Å²) in [6, 6.07) is 4.38. The monoisotopic (exact) mass is 376 g/mol. The number of halogens is 2. The molecule has 1 aromatic rings. The van der Waals surface area contributed by atoms with E-state index in [0.29, 0.717) is 6.04 Å². The van der Waals surface area contributed by atoms with Crippen LogP contribution in [0.3, 0.4) is 0 Å². The predicted molar refractivity (Wildman–Crippen MR) is 81.4 cm³/mol. The van der Waals surface area contributed by atoms with E-state index in [0.717, 1.165) is 52.4 Å². The molecule has 1 aliphatic carbocycles. The third-order valence-electron chi connectivity index (χ3n) is 3.41.